The molecule has 0 unspecified atom stereocenters. The van der Waals surface area contributed by atoms with Gasteiger partial charge >= 0.3 is 0 Å². The molecule has 1 fully saturated rings. The Bertz CT molecular complexity index is 1350. The van der Waals surface area contributed by atoms with E-state index >= 15 is 0 Å². The quantitative estimate of drug-likeness (QED) is 0.402. The van der Waals surface area contributed by atoms with Gasteiger partial charge in [0.25, 0.3) is 21.3 Å². The highest BCUT2D eigenvalue weighted by molar-refractivity contribution is 7.89. The molecule has 4 rings (SSSR count). The topological polar surface area (TPSA) is 128 Å². The van der Waals surface area contributed by atoms with Crippen molar-refractivity contribution < 1.29 is 13.3 Å². The van der Waals surface area contributed by atoms with Crippen molar-refractivity contribution in [2.75, 3.05) is 6.54 Å². The van der Waals surface area contributed by atoms with E-state index in [0.29, 0.717) is 28.5 Å². The number of fused-ring (bicyclic) bond motifs is 1. The van der Waals surface area contributed by atoms with Gasteiger partial charge < -0.3 is 0 Å². The van der Waals surface area contributed by atoms with E-state index in [-0.39, 0.29) is 22.4 Å². The van der Waals surface area contributed by atoms with Crippen molar-refractivity contribution in [1.29, 1.82) is 0 Å². The third-order valence-electron chi connectivity index (χ3n) is 5.08. The summed E-state index contributed by atoms with van der Waals surface area (Å²) in [5.74, 6) is -0.0715. The summed E-state index contributed by atoms with van der Waals surface area (Å²) in [6.07, 6.45) is 1.03. The monoisotopic (exact) mass is 483 g/mol. The summed E-state index contributed by atoms with van der Waals surface area (Å²) in [6.45, 7) is 3.92. The van der Waals surface area contributed by atoms with Gasteiger partial charge in [-0.3, -0.25) is 14.9 Å². The number of sulfonamides is 1. The van der Waals surface area contributed by atoms with Gasteiger partial charge in [0.2, 0.25) is 4.96 Å². The Labute approximate surface area is 186 Å². The normalized spacial score (nSPS) is 17.6. The first kappa shape index (κ1) is 21.8. The molecule has 3 heterocycles. The van der Waals surface area contributed by atoms with Crippen LogP contribution in [0, 0.1) is 10.1 Å². The Hall–Kier alpha value is -2.41. The second kappa shape index (κ2) is 7.93. The van der Waals surface area contributed by atoms with Crippen LogP contribution in [0.3, 0.4) is 0 Å². The van der Waals surface area contributed by atoms with Crippen LogP contribution in [0.15, 0.2) is 34.0 Å². The number of nitro benzene ring substituents is 1. The molecular weight excluding hydrogens is 466 g/mol. The fourth-order valence-electron chi connectivity index (χ4n) is 3.60. The molecule has 164 valence electrons. The van der Waals surface area contributed by atoms with Crippen molar-refractivity contribution >= 4 is 43.6 Å². The summed E-state index contributed by atoms with van der Waals surface area (Å²) >= 11 is 7.28. The smallest absolute Gasteiger partial charge is 0.266 e. The average Bonchev–Trinajstić information content (AvgIpc) is 3.37. The van der Waals surface area contributed by atoms with Gasteiger partial charge in [-0.15, -0.1) is 0 Å². The van der Waals surface area contributed by atoms with E-state index in [1.165, 1.54) is 22.5 Å². The van der Waals surface area contributed by atoms with Gasteiger partial charge in [0.1, 0.15) is 10.0 Å². The summed E-state index contributed by atoms with van der Waals surface area (Å²) in [4.78, 5) is 27.7. The molecule has 1 saturated heterocycles. The van der Waals surface area contributed by atoms with E-state index in [0.717, 1.165) is 21.9 Å². The van der Waals surface area contributed by atoms with E-state index in [9.17, 15) is 23.3 Å². The van der Waals surface area contributed by atoms with E-state index in [4.69, 9.17) is 11.6 Å². The van der Waals surface area contributed by atoms with E-state index in [1.807, 2.05) is 13.8 Å². The summed E-state index contributed by atoms with van der Waals surface area (Å²) < 4.78 is 28.9. The number of nitrogens with zero attached hydrogens (tertiary/aromatic N) is 5. The van der Waals surface area contributed by atoms with Crippen LogP contribution in [-0.2, 0) is 10.0 Å². The Balaban J connectivity index is 1.81. The number of benzene rings is 1. The number of hydrogen-bond donors (Lipinski definition) is 0. The van der Waals surface area contributed by atoms with Gasteiger partial charge in [-0.2, -0.15) is 13.9 Å². The molecule has 0 spiro atoms. The fourth-order valence-corrected chi connectivity index (χ4v) is 6.87. The maximum Gasteiger partial charge on any atom is 0.294 e. The first-order valence-electron chi connectivity index (χ1n) is 9.47. The van der Waals surface area contributed by atoms with Crippen LogP contribution in [-0.4, -0.2) is 38.8 Å². The van der Waals surface area contributed by atoms with E-state index in [1.54, 1.807) is 0 Å². The lowest BCUT2D eigenvalue weighted by atomic mass is 10.1. The highest BCUT2D eigenvalue weighted by Crippen LogP contribution is 2.39. The summed E-state index contributed by atoms with van der Waals surface area (Å²) in [6, 6.07) is 4.59. The molecule has 1 atom stereocenters. The molecule has 0 saturated carbocycles. The first-order valence-corrected chi connectivity index (χ1v) is 12.1. The lowest BCUT2D eigenvalue weighted by molar-refractivity contribution is -0.387. The van der Waals surface area contributed by atoms with Crippen LogP contribution in [0.4, 0.5) is 5.69 Å². The van der Waals surface area contributed by atoms with Crippen molar-refractivity contribution in [3.05, 3.63) is 60.5 Å². The number of para-hydroxylation sites is 1. The van der Waals surface area contributed by atoms with Crippen molar-refractivity contribution in [2.45, 2.75) is 43.5 Å². The Morgan fingerprint density at radius 2 is 2.03 bits per heavy atom. The SMILES string of the molecule is CC(C)c1nc2sc([C@H]3CCCN3S(=O)(=O)c3ccccc3[N+](=O)[O-])nn2c(=O)c1Cl. The highest BCUT2D eigenvalue weighted by Gasteiger charge is 2.41. The van der Waals surface area contributed by atoms with Crippen molar-refractivity contribution in [2.24, 2.45) is 0 Å². The third-order valence-corrected chi connectivity index (χ3v) is 8.40. The Kier molecular flexibility index (Phi) is 5.58. The molecule has 13 heteroatoms. The molecule has 31 heavy (non-hydrogen) atoms. The van der Waals surface area contributed by atoms with Gasteiger partial charge in [-0.05, 0) is 24.8 Å². The predicted octanol–water partition coefficient (Wildman–Crippen LogP) is 3.36. The second-order valence-electron chi connectivity index (χ2n) is 7.40. The molecular formula is C18H18ClN5O5S2. The summed E-state index contributed by atoms with van der Waals surface area (Å²) in [7, 11) is -4.16. The summed E-state index contributed by atoms with van der Waals surface area (Å²) in [5, 5.41) is 16.0. The van der Waals surface area contributed by atoms with Gasteiger partial charge in [0.15, 0.2) is 4.90 Å². The van der Waals surface area contributed by atoms with Crippen molar-refractivity contribution in [1.82, 2.24) is 18.9 Å². The average molecular weight is 484 g/mol. The minimum absolute atomic E-state index is 0.0137. The van der Waals surface area contributed by atoms with Crippen molar-refractivity contribution in [3.8, 4) is 0 Å². The molecule has 3 aromatic rings. The molecule has 0 bridgehead atoms. The number of hydrogen-bond acceptors (Lipinski definition) is 8. The zero-order valence-electron chi connectivity index (χ0n) is 16.6. The van der Waals surface area contributed by atoms with Crippen LogP contribution in [0.1, 0.15) is 49.4 Å². The largest absolute Gasteiger partial charge is 0.294 e. The molecule has 0 amide bonds. The van der Waals surface area contributed by atoms with E-state index in [2.05, 4.69) is 10.1 Å². The standard InChI is InChI=1S/C18H18ClN5O5S2/c1-10(2)15-14(19)17(25)23-18(20-15)30-16(21-23)12-7-5-9-22(12)31(28,29)13-8-4-3-6-11(13)24(26)27/h3-4,6,8,10,12H,5,7,9H2,1-2H3/t12-/m1/s1. The lowest BCUT2D eigenvalue weighted by Crippen LogP contribution is -2.31. The first-order chi connectivity index (χ1) is 14.6. The minimum atomic E-state index is -4.16. The number of rotatable bonds is 5. The van der Waals surface area contributed by atoms with Crippen LogP contribution >= 0.6 is 22.9 Å². The minimum Gasteiger partial charge on any atom is -0.266 e. The molecule has 1 aromatic carbocycles. The summed E-state index contributed by atoms with van der Waals surface area (Å²) in [5.41, 5.74) is -0.537. The van der Waals surface area contributed by atoms with Crippen LogP contribution in [0.25, 0.3) is 4.96 Å². The van der Waals surface area contributed by atoms with Crippen LogP contribution in [0.5, 0.6) is 0 Å². The number of aromatic nitrogens is 3. The highest BCUT2D eigenvalue weighted by atomic mass is 35.5. The van der Waals surface area contributed by atoms with Gasteiger partial charge in [0.05, 0.1) is 16.7 Å². The molecule has 1 aliphatic rings. The van der Waals surface area contributed by atoms with Gasteiger partial charge in [-0.1, -0.05) is 48.9 Å². The van der Waals surface area contributed by atoms with Gasteiger partial charge in [-0.25, -0.2) is 13.4 Å². The number of halogens is 1. The maximum absolute atomic E-state index is 13.3. The molecule has 1 aliphatic heterocycles. The molecule has 0 aliphatic carbocycles. The lowest BCUT2D eigenvalue weighted by Gasteiger charge is -2.22. The van der Waals surface area contributed by atoms with Gasteiger partial charge in [0, 0.05) is 12.6 Å². The molecule has 0 radical (unpaired) electrons. The predicted molar refractivity (Wildman–Crippen MR) is 115 cm³/mol. The third kappa shape index (κ3) is 3.63. The van der Waals surface area contributed by atoms with Crippen molar-refractivity contribution in [3.63, 3.8) is 0 Å². The Morgan fingerprint density at radius 3 is 2.71 bits per heavy atom. The molecule has 2 aromatic heterocycles. The Morgan fingerprint density at radius 1 is 1.32 bits per heavy atom. The molecule has 0 N–H and O–H groups in total. The number of nitro groups is 1. The second-order valence-corrected chi connectivity index (χ2v) is 10.6. The van der Waals surface area contributed by atoms with Crippen LogP contribution < -0.4 is 5.56 Å². The zero-order valence-corrected chi connectivity index (χ0v) is 18.9. The van der Waals surface area contributed by atoms with Crippen LogP contribution in [0.2, 0.25) is 5.02 Å². The van der Waals surface area contributed by atoms with E-state index < -0.39 is 32.2 Å². The maximum atomic E-state index is 13.3. The zero-order chi connectivity index (χ0) is 22.5. The molecule has 10 nitrogen and oxygen atoms in total. The fraction of sp³-hybridized carbons (Fsp3) is 0.389.